The van der Waals surface area contributed by atoms with Crippen molar-refractivity contribution in [2.45, 2.75) is 121 Å². The second-order valence-electron chi connectivity index (χ2n) is 13.7. The highest BCUT2D eigenvalue weighted by Gasteiger charge is 2.29. The summed E-state index contributed by atoms with van der Waals surface area (Å²) in [6.45, 7) is 0.660. The molecule has 3 heterocycles. The molecule has 2 aromatic carbocycles. The molecular formula is C38H45N7O2. The van der Waals surface area contributed by atoms with Gasteiger partial charge in [-0.1, -0.05) is 80.6 Å². The highest BCUT2D eigenvalue weighted by atomic mass is 16.5. The van der Waals surface area contributed by atoms with Gasteiger partial charge in [0, 0.05) is 11.5 Å². The highest BCUT2D eigenvalue weighted by Crippen LogP contribution is 2.41. The van der Waals surface area contributed by atoms with Crippen molar-refractivity contribution in [2.24, 2.45) is 0 Å². The molecule has 3 aliphatic rings. The summed E-state index contributed by atoms with van der Waals surface area (Å²) in [4.78, 5) is 10.4. The quantitative estimate of drug-likeness (QED) is 0.173. The molecule has 0 radical (unpaired) electrons. The lowest BCUT2D eigenvalue weighted by Crippen LogP contribution is -2.21. The van der Waals surface area contributed by atoms with E-state index in [9.17, 15) is 0 Å². The standard InChI is InChI=1S/C38H45N7O2/c1-4-14-26(15-5-1)37-40-34-35(33(46-28-17-6-2-7-18-28)24-39-38(34)47-29-19-8-3-9-20-29)45(37)25-27-16-10-11-21-30(27)31-22-12-13-23-32(31)36-41-43-44-42-36/h10-13,16,21-24,26,28-29H,1-9,14-15,17-20,25H2,(H,41,42,43,44). The fourth-order valence-corrected chi connectivity index (χ4v) is 8.10. The van der Waals surface area contributed by atoms with Crippen LogP contribution in [0, 0.1) is 0 Å². The minimum atomic E-state index is 0.190. The molecule has 9 nitrogen and oxygen atoms in total. The summed E-state index contributed by atoms with van der Waals surface area (Å²) in [6.07, 6.45) is 20.1. The molecule has 3 aliphatic carbocycles. The Balaban J connectivity index is 1.27. The first kappa shape index (κ1) is 30.1. The minimum absolute atomic E-state index is 0.190. The summed E-state index contributed by atoms with van der Waals surface area (Å²) in [7, 11) is 0. The van der Waals surface area contributed by atoms with Crippen molar-refractivity contribution < 1.29 is 9.47 Å². The number of tetrazole rings is 1. The molecule has 0 aliphatic heterocycles. The molecule has 47 heavy (non-hydrogen) atoms. The van der Waals surface area contributed by atoms with Gasteiger partial charge in [0.1, 0.15) is 17.4 Å². The highest BCUT2D eigenvalue weighted by molar-refractivity contribution is 5.87. The van der Waals surface area contributed by atoms with Crippen LogP contribution in [0.25, 0.3) is 33.5 Å². The number of pyridine rings is 1. The van der Waals surface area contributed by atoms with Crippen LogP contribution < -0.4 is 9.47 Å². The van der Waals surface area contributed by atoms with E-state index in [0.717, 1.165) is 77.8 Å². The van der Waals surface area contributed by atoms with Crippen LogP contribution in [-0.2, 0) is 6.54 Å². The van der Waals surface area contributed by atoms with E-state index < -0.39 is 0 Å². The molecule has 5 aromatic rings. The van der Waals surface area contributed by atoms with Gasteiger partial charge in [0.25, 0.3) is 0 Å². The summed E-state index contributed by atoms with van der Waals surface area (Å²) >= 11 is 0. The van der Waals surface area contributed by atoms with E-state index in [4.69, 9.17) is 19.4 Å². The van der Waals surface area contributed by atoms with Crippen molar-refractivity contribution in [3.63, 3.8) is 0 Å². The van der Waals surface area contributed by atoms with E-state index in [1.54, 1.807) is 0 Å². The Labute approximate surface area is 276 Å². The lowest BCUT2D eigenvalue weighted by molar-refractivity contribution is 0.147. The van der Waals surface area contributed by atoms with Crippen molar-refractivity contribution in [1.29, 1.82) is 0 Å². The largest absolute Gasteiger partial charge is 0.487 e. The third-order valence-corrected chi connectivity index (χ3v) is 10.5. The SMILES string of the molecule is c1ccc(-c2ccccc2-c2nn[nH]n2)c(Cn2c(C3CCCCC3)nc3c(OC4CCCCC4)ncc(OC4CCCCC4)c32)c1. The lowest BCUT2D eigenvalue weighted by atomic mass is 9.88. The molecule has 0 atom stereocenters. The fraction of sp³-hybridized carbons (Fsp3) is 0.500. The molecule has 244 valence electrons. The molecule has 1 N–H and O–H groups in total. The zero-order valence-electron chi connectivity index (χ0n) is 27.2. The number of aromatic nitrogens is 7. The van der Waals surface area contributed by atoms with Crippen LogP contribution in [0.1, 0.15) is 114 Å². The number of nitrogens with zero attached hydrogens (tertiary/aromatic N) is 6. The normalized spacial score (nSPS) is 18.5. The van der Waals surface area contributed by atoms with Crippen molar-refractivity contribution in [2.75, 3.05) is 0 Å². The van der Waals surface area contributed by atoms with Crippen LogP contribution in [0.2, 0.25) is 0 Å². The Morgan fingerprint density at radius 1 is 0.702 bits per heavy atom. The summed E-state index contributed by atoms with van der Waals surface area (Å²) in [6, 6.07) is 17.0. The summed E-state index contributed by atoms with van der Waals surface area (Å²) in [5, 5.41) is 15.1. The van der Waals surface area contributed by atoms with E-state index in [1.807, 2.05) is 12.3 Å². The number of rotatable bonds is 9. The first-order chi connectivity index (χ1) is 23.3. The lowest BCUT2D eigenvalue weighted by Gasteiger charge is -2.25. The molecule has 8 rings (SSSR count). The number of H-pyrrole nitrogens is 1. The van der Waals surface area contributed by atoms with E-state index >= 15 is 0 Å². The molecule has 9 heteroatoms. The van der Waals surface area contributed by atoms with Gasteiger partial charge in [0.05, 0.1) is 18.8 Å². The van der Waals surface area contributed by atoms with Gasteiger partial charge in [-0.25, -0.2) is 9.97 Å². The predicted octanol–water partition coefficient (Wildman–Crippen LogP) is 8.80. The maximum Gasteiger partial charge on any atom is 0.242 e. The summed E-state index contributed by atoms with van der Waals surface area (Å²) < 4.78 is 16.0. The van der Waals surface area contributed by atoms with E-state index in [1.165, 1.54) is 63.4 Å². The number of benzene rings is 2. The number of imidazole rings is 1. The first-order valence-electron chi connectivity index (χ1n) is 18.0. The molecule has 0 saturated heterocycles. The van der Waals surface area contributed by atoms with Gasteiger partial charge in [-0.15, -0.1) is 10.2 Å². The van der Waals surface area contributed by atoms with Crippen LogP contribution in [0.4, 0.5) is 0 Å². The molecule has 0 unspecified atom stereocenters. The maximum absolute atomic E-state index is 6.87. The molecular weight excluding hydrogens is 586 g/mol. The van der Waals surface area contributed by atoms with Crippen LogP contribution in [0.5, 0.6) is 11.6 Å². The number of ether oxygens (including phenoxy) is 2. The topological polar surface area (TPSA) is 104 Å². The van der Waals surface area contributed by atoms with Gasteiger partial charge >= 0.3 is 0 Å². The summed E-state index contributed by atoms with van der Waals surface area (Å²) in [5.74, 6) is 3.61. The zero-order chi connectivity index (χ0) is 31.4. The Morgan fingerprint density at radius 3 is 2.04 bits per heavy atom. The molecule has 3 fully saturated rings. The van der Waals surface area contributed by atoms with Gasteiger partial charge in [0.15, 0.2) is 11.3 Å². The maximum atomic E-state index is 6.87. The molecule has 3 aromatic heterocycles. The first-order valence-corrected chi connectivity index (χ1v) is 18.0. The van der Waals surface area contributed by atoms with Gasteiger partial charge in [-0.05, 0) is 86.1 Å². The fourth-order valence-electron chi connectivity index (χ4n) is 8.10. The van der Waals surface area contributed by atoms with E-state index in [-0.39, 0.29) is 12.2 Å². The molecule has 0 bridgehead atoms. The Morgan fingerprint density at radius 2 is 1.34 bits per heavy atom. The van der Waals surface area contributed by atoms with E-state index in [2.05, 4.69) is 67.7 Å². The molecule has 0 amide bonds. The summed E-state index contributed by atoms with van der Waals surface area (Å²) in [5.41, 5.74) is 6.26. The number of hydrogen-bond donors (Lipinski definition) is 1. The number of hydrogen-bond acceptors (Lipinski definition) is 7. The zero-order valence-corrected chi connectivity index (χ0v) is 27.2. The predicted molar refractivity (Wildman–Crippen MR) is 183 cm³/mol. The number of aromatic amines is 1. The second kappa shape index (κ2) is 13.8. The third kappa shape index (κ3) is 6.36. The Kier molecular flexibility index (Phi) is 8.86. The average Bonchev–Trinajstić information content (AvgIpc) is 3.81. The van der Waals surface area contributed by atoms with Crippen LogP contribution in [0.15, 0.2) is 54.7 Å². The van der Waals surface area contributed by atoms with Crippen LogP contribution >= 0.6 is 0 Å². The number of nitrogens with one attached hydrogen (secondary N) is 1. The third-order valence-electron chi connectivity index (χ3n) is 10.5. The van der Waals surface area contributed by atoms with Gasteiger partial charge < -0.3 is 14.0 Å². The van der Waals surface area contributed by atoms with Crippen molar-refractivity contribution in [1.82, 2.24) is 35.2 Å². The molecule has 0 spiro atoms. The monoisotopic (exact) mass is 631 g/mol. The van der Waals surface area contributed by atoms with Crippen LogP contribution in [0.3, 0.4) is 0 Å². The minimum Gasteiger partial charge on any atom is -0.487 e. The van der Waals surface area contributed by atoms with Crippen molar-refractivity contribution >= 4 is 11.0 Å². The van der Waals surface area contributed by atoms with Gasteiger partial charge in [0.2, 0.25) is 11.7 Å². The number of fused-ring (bicyclic) bond motifs is 1. The molecule has 3 saturated carbocycles. The van der Waals surface area contributed by atoms with Gasteiger partial charge in [-0.2, -0.15) is 5.21 Å². The van der Waals surface area contributed by atoms with Gasteiger partial charge in [-0.3, -0.25) is 0 Å². The van der Waals surface area contributed by atoms with Crippen LogP contribution in [-0.4, -0.2) is 47.4 Å². The smallest absolute Gasteiger partial charge is 0.242 e. The second-order valence-corrected chi connectivity index (χ2v) is 13.7. The average molecular weight is 632 g/mol. The Hall–Kier alpha value is -4.27. The van der Waals surface area contributed by atoms with E-state index in [0.29, 0.717) is 24.2 Å². The van der Waals surface area contributed by atoms with Crippen molar-refractivity contribution in [3.05, 3.63) is 66.1 Å². The van der Waals surface area contributed by atoms with Crippen molar-refractivity contribution in [3.8, 4) is 34.1 Å². The Bertz CT molecular complexity index is 1780.